The molecule has 0 radical (unpaired) electrons. The van der Waals surface area contributed by atoms with Gasteiger partial charge in [-0.05, 0) is 18.9 Å². The zero-order valence-electron chi connectivity index (χ0n) is 18.0. The fourth-order valence-electron chi connectivity index (χ4n) is 4.26. The predicted molar refractivity (Wildman–Crippen MR) is 125 cm³/mol. The highest BCUT2D eigenvalue weighted by molar-refractivity contribution is 8.25. The number of imidazole rings is 1. The van der Waals surface area contributed by atoms with Crippen molar-refractivity contribution in [3.8, 4) is 0 Å². The van der Waals surface area contributed by atoms with E-state index in [4.69, 9.17) is 15.5 Å². The number of aryl methyl sites for hydroxylation is 1. The van der Waals surface area contributed by atoms with Gasteiger partial charge in [0, 0.05) is 32.0 Å². The maximum absolute atomic E-state index is 11.6. The number of carboxylic acid groups (broad SMARTS) is 1. The normalized spacial score (nSPS) is 16.8. The van der Waals surface area contributed by atoms with E-state index < -0.39 is 16.7 Å². The first kappa shape index (κ1) is 22.6. The van der Waals surface area contributed by atoms with Crippen molar-refractivity contribution in [2.75, 3.05) is 37.5 Å². The van der Waals surface area contributed by atoms with Gasteiger partial charge in [0.1, 0.15) is 11.3 Å². The van der Waals surface area contributed by atoms with Gasteiger partial charge in [-0.1, -0.05) is 18.2 Å². The number of para-hydroxylation sites is 1. The third kappa shape index (κ3) is 4.46. The number of ether oxygens (including phenoxy) is 1. The fourth-order valence-corrected chi connectivity index (χ4v) is 5.76. The van der Waals surface area contributed by atoms with Gasteiger partial charge < -0.3 is 25.0 Å². The number of aromatic nitrogens is 3. The molecule has 0 bridgehead atoms. The summed E-state index contributed by atoms with van der Waals surface area (Å²) in [5, 5.41) is 10.5. The number of amides is 1. The van der Waals surface area contributed by atoms with Crippen LogP contribution in [0.4, 0.5) is 10.6 Å². The molecule has 174 valence electrons. The Labute approximate surface area is 187 Å². The van der Waals surface area contributed by atoms with E-state index in [0.717, 1.165) is 28.7 Å². The maximum atomic E-state index is 11.6. The van der Waals surface area contributed by atoms with Gasteiger partial charge in [0.2, 0.25) is 0 Å². The van der Waals surface area contributed by atoms with Crippen LogP contribution in [0.1, 0.15) is 18.7 Å². The molecule has 5 N–H and O–H groups in total. The minimum absolute atomic E-state index is 0.130. The van der Waals surface area contributed by atoms with Crippen LogP contribution in [-0.2, 0) is 17.7 Å². The fraction of sp³-hybridized carbons (Fsp3) is 0.476. The number of methoxy groups -OCH3 is 1. The van der Waals surface area contributed by atoms with Gasteiger partial charge in [-0.2, -0.15) is 10.6 Å². The number of unbranched alkanes of at least 4 members (excludes halogenated alkanes) is 1. The molecule has 1 saturated heterocycles. The summed E-state index contributed by atoms with van der Waals surface area (Å²) in [5.41, 5.74) is 8.61. The molecular formula is C21H29N5O5S. The molecule has 4 rings (SSSR count). The Balaban J connectivity index is 1.54. The largest absolute Gasteiger partial charge is 0.465 e. The van der Waals surface area contributed by atoms with E-state index in [1.54, 1.807) is 7.11 Å². The monoisotopic (exact) mass is 463 g/mol. The summed E-state index contributed by atoms with van der Waals surface area (Å²) in [6.45, 7) is 1.52. The molecule has 0 spiro atoms. The van der Waals surface area contributed by atoms with E-state index >= 15 is 0 Å². The lowest BCUT2D eigenvalue weighted by molar-refractivity contribution is 0.127. The molecule has 3 aromatic rings. The Morgan fingerprint density at radius 3 is 2.72 bits per heavy atom. The van der Waals surface area contributed by atoms with Crippen molar-refractivity contribution < 1.29 is 23.7 Å². The van der Waals surface area contributed by atoms with Gasteiger partial charge in [0.25, 0.3) is 0 Å². The van der Waals surface area contributed by atoms with Crippen LogP contribution in [0.3, 0.4) is 0 Å². The van der Waals surface area contributed by atoms with Crippen LogP contribution in [-0.4, -0.2) is 77.5 Å². The second-order valence-corrected chi connectivity index (χ2v) is 10.4. The second kappa shape index (κ2) is 9.10. The molecular weight excluding hydrogens is 434 g/mol. The lowest BCUT2D eigenvalue weighted by Gasteiger charge is -2.50. The summed E-state index contributed by atoms with van der Waals surface area (Å²) in [7, 11) is -0.939. The Kier molecular flexibility index (Phi) is 6.42. The Bertz CT molecular complexity index is 1130. The number of rotatable bonds is 9. The van der Waals surface area contributed by atoms with Gasteiger partial charge in [-0.25, -0.2) is 14.8 Å². The Morgan fingerprint density at radius 2 is 2.03 bits per heavy atom. The Hall–Kier alpha value is -2.60. The summed E-state index contributed by atoms with van der Waals surface area (Å²) in [5.74, 6) is 1.50. The molecule has 0 saturated carbocycles. The first-order valence-electron chi connectivity index (χ1n) is 10.6. The Morgan fingerprint density at radius 1 is 1.28 bits per heavy atom. The number of nitrogens with zero attached hydrogens (tertiary/aromatic N) is 4. The summed E-state index contributed by atoms with van der Waals surface area (Å²) in [6.07, 6.45) is 0.974. The number of carbonyl (C=O) groups is 1. The highest BCUT2D eigenvalue weighted by atomic mass is 32.3. The van der Waals surface area contributed by atoms with E-state index in [-0.39, 0.29) is 17.5 Å². The minimum atomic E-state index is -2.59. The number of pyridine rings is 1. The van der Waals surface area contributed by atoms with Gasteiger partial charge in [0.05, 0.1) is 35.2 Å². The molecule has 1 aliphatic rings. The third-order valence-corrected chi connectivity index (χ3v) is 7.69. The lowest BCUT2D eigenvalue weighted by atomic mass is 10.2. The summed E-state index contributed by atoms with van der Waals surface area (Å²) >= 11 is 0. The maximum Gasteiger partial charge on any atom is 0.407 e. The van der Waals surface area contributed by atoms with Crippen molar-refractivity contribution in [2.24, 2.45) is 0 Å². The van der Waals surface area contributed by atoms with Gasteiger partial charge in [0.15, 0.2) is 5.82 Å². The minimum Gasteiger partial charge on any atom is -0.465 e. The SMILES string of the molecule is COCCc1nc2c(N)nc3ccccc3c2n1CCCCN(C(=O)O)C1CS(O)(O)C1. The first-order valence-corrected chi connectivity index (χ1v) is 12.4. The van der Waals surface area contributed by atoms with Crippen molar-refractivity contribution >= 4 is 44.4 Å². The lowest BCUT2D eigenvalue weighted by Crippen LogP contribution is -2.53. The van der Waals surface area contributed by atoms with Gasteiger partial charge >= 0.3 is 6.09 Å². The number of benzene rings is 1. The van der Waals surface area contributed by atoms with Crippen LogP contribution in [0.25, 0.3) is 21.9 Å². The molecule has 2 aromatic heterocycles. The zero-order valence-corrected chi connectivity index (χ0v) is 18.8. The standard InChI is InChI=1S/C21H29N5O5S/c1-31-11-8-17-24-18-19(15-6-2-3-7-16(15)23-20(18)22)26(17)10-5-4-9-25(21(27)28)14-12-32(29,30)13-14/h2-3,6-7,14,29-30H,4-5,8-13H2,1H3,(H2,22,23)(H,27,28). The van der Waals surface area contributed by atoms with E-state index in [9.17, 15) is 19.0 Å². The van der Waals surface area contributed by atoms with Crippen molar-refractivity contribution in [3.63, 3.8) is 0 Å². The van der Waals surface area contributed by atoms with Crippen molar-refractivity contribution in [3.05, 3.63) is 30.1 Å². The zero-order chi connectivity index (χ0) is 22.9. The molecule has 10 nitrogen and oxygen atoms in total. The summed E-state index contributed by atoms with van der Waals surface area (Å²) in [6, 6.07) is 7.48. The van der Waals surface area contributed by atoms with Crippen molar-refractivity contribution in [1.29, 1.82) is 0 Å². The third-order valence-electron chi connectivity index (χ3n) is 5.85. The molecule has 11 heteroatoms. The molecule has 3 heterocycles. The quantitative estimate of drug-likeness (QED) is 0.354. The highest BCUT2D eigenvalue weighted by Crippen LogP contribution is 2.50. The number of anilines is 1. The number of hydrogen-bond acceptors (Lipinski definition) is 7. The molecule has 0 atom stereocenters. The average Bonchev–Trinajstić information content (AvgIpc) is 3.09. The van der Waals surface area contributed by atoms with E-state index in [0.29, 0.717) is 43.9 Å². The molecule has 1 amide bonds. The van der Waals surface area contributed by atoms with Gasteiger partial charge in [-0.3, -0.25) is 9.11 Å². The highest BCUT2D eigenvalue weighted by Gasteiger charge is 2.39. The van der Waals surface area contributed by atoms with Crippen molar-refractivity contribution in [1.82, 2.24) is 19.4 Å². The van der Waals surface area contributed by atoms with E-state index in [1.165, 1.54) is 4.90 Å². The van der Waals surface area contributed by atoms with Crippen LogP contribution in [0.5, 0.6) is 0 Å². The van der Waals surface area contributed by atoms with Gasteiger partial charge in [-0.15, -0.1) is 0 Å². The molecule has 1 aliphatic heterocycles. The predicted octanol–water partition coefficient (Wildman–Crippen LogP) is 3.25. The number of nitrogens with two attached hydrogens (primary N) is 1. The smallest absolute Gasteiger partial charge is 0.407 e. The second-order valence-electron chi connectivity index (χ2n) is 8.11. The molecule has 1 fully saturated rings. The number of hydrogen-bond donors (Lipinski definition) is 4. The summed E-state index contributed by atoms with van der Waals surface area (Å²) < 4.78 is 26.6. The van der Waals surface area contributed by atoms with Crippen molar-refractivity contribution in [2.45, 2.75) is 31.8 Å². The van der Waals surface area contributed by atoms with E-state index in [1.807, 2.05) is 24.3 Å². The van der Waals surface area contributed by atoms with E-state index in [2.05, 4.69) is 9.55 Å². The van der Waals surface area contributed by atoms with Crippen LogP contribution in [0, 0.1) is 0 Å². The number of nitrogen functional groups attached to an aromatic ring is 1. The van der Waals surface area contributed by atoms with Crippen LogP contribution >= 0.6 is 10.6 Å². The molecule has 0 unspecified atom stereocenters. The topological polar surface area (TPSA) is 147 Å². The molecule has 0 aliphatic carbocycles. The molecule has 32 heavy (non-hydrogen) atoms. The number of fused-ring (bicyclic) bond motifs is 3. The van der Waals surface area contributed by atoms with Crippen LogP contribution < -0.4 is 5.73 Å². The first-order chi connectivity index (χ1) is 15.3. The summed E-state index contributed by atoms with van der Waals surface area (Å²) in [4.78, 5) is 22.2. The molecule has 1 aromatic carbocycles. The average molecular weight is 464 g/mol. The van der Waals surface area contributed by atoms with Crippen LogP contribution in [0.15, 0.2) is 24.3 Å². The van der Waals surface area contributed by atoms with Crippen LogP contribution in [0.2, 0.25) is 0 Å².